The molecule has 0 radical (unpaired) electrons. The number of hydrogen-bond acceptors (Lipinski definition) is 1. The normalized spacial score (nSPS) is 12.3. The number of para-hydroxylation sites is 1. The minimum atomic E-state index is -0.518. The van der Waals surface area contributed by atoms with Gasteiger partial charge < -0.3 is 4.90 Å². The molecule has 1 aliphatic carbocycles. The van der Waals surface area contributed by atoms with Gasteiger partial charge in [-0.05, 0) is 115 Å². The third-order valence-electron chi connectivity index (χ3n) is 12.5. The highest BCUT2D eigenvalue weighted by atomic mass is 15.1. The van der Waals surface area contributed by atoms with Gasteiger partial charge in [0.1, 0.15) is 0 Å². The van der Waals surface area contributed by atoms with Gasteiger partial charge in [-0.2, -0.15) is 0 Å². The quantitative estimate of drug-likeness (QED) is 0.141. The predicted octanol–water partition coefficient (Wildman–Crippen LogP) is 16.2. The molecule has 11 rings (SSSR count). The van der Waals surface area contributed by atoms with Crippen LogP contribution in [0.5, 0.6) is 0 Å². The highest BCUT2D eigenvalue weighted by Crippen LogP contribution is 2.59. The fourth-order valence-corrected chi connectivity index (χ4v) is 9.81. The minimum absolute atomic E-state index is 0.518. The highest BCUT2D eigenvalue weighted by molar-refractivity contribution is 6.01. The Bertz CT molecular complexity index is 3040. The molecule has 0 aliphatic heterocycles. The van der Waals surface area contributed by atoms with E-state index in [0.29, 0.717) is 0 Å². The molecule has 0 aromatic heterocycles. The Morgan fingerprint density at radius 1 is 0.258 bits per heavy atom. The summed E-state index contributed by atoms with van der Waals surface area (Å²) in [5.41, 5.74) is 19.7. The van der Waals surface area contributed by atoms with Crippen LogP contribution in [0, 0.1) is 0 Å². The van der Waals surface area contributed by atoms with Crippen molar-refractivity contribution in [2.24, 2.45) is 0 Å². The first-order valence-corrected chi connectivity index (χ1v) is 21.4. The molecule has 0 saturated carbocycles. The molecule has 0 fully saturated rings. The maximum atomic E-state index is 2.46. The summed E-state index contributed by atoms with van der Waals surface area (Å²) < 4.78 is 0. The first-order valence-electron chi connectivity index (χ1n) is 21.4. The Hall–Kier alpha value is -8.00. The van der Waals surface area contributed by atoms with Crippen molar-refractivity contribution in [3.8, 4) is 55.6 Å². The monoisotopic (exact) mass is 789 g/mol. The molecule has 1 heteroatoms. The van der Waals surface area contributed by atoms with E-state index in [9.17, 15) is 0 Å². The molecule has 0 heterocycles. The van der Waals surface area contributed by atoms with E-state index < -0.39 is 5.41 Å². The molecule has 0 bridgehead atoms. The van der Waals surface area contributed by atoms with Gasteiger partial charge in [-0.3, -0.25) is 0 Å². The molecule has 10 aromatic rings. The first kappa shape index (κ1) is 37.0. The Labute approximate surface area is 364 Å². The zero-order chi connectivity index (χ0) is 41.3. The van der Waals surface area contributed by atoms with Crippen LogP contribution in [0.3, 0.4) is 0 Å². The van der Waals surface area contributed by atoms with Crippen molar-refractivity contribution >= 4 is 17.1 Å². The predicted molar refractivity (Wildman–Crippen MR) is 260 cm³/mol. The van der Waals surface area contributed by atoms with Crippen molar-refractivity contribution in [2.75, 3.05) is 4.90 Å². The van der Waals surface area contributed by atoms with E-state index in [0.717, 1.165) is 33.8 Å². The van der Waals surface area contributed by atoms with Crippen LogP contribution < -0.4 is 4.90 Å². The lowest BCUT2D eigenvalue weighted by Gasteiger charge is -2.34. The average molecular weight is 790 g/mol. The van der Waals surface area contributed by atoms with Crippen molar-refractivity contribution in [1.82, 2.24) is 0 Å². The van der Waals surface area contributed by atoms with Crippen LogP contribution in [0.15, 0.2) is 261 Å². The number of hydrogen-bond donors (Lipinski definition) is 0. The standard InChI is InChI=1S/C61H43N/c1-7-22-44(23-8-1)47-38-39-59(62(52-32-17-6-18-33-52)53-41-48(45-24-9-2-10-25-45)40-49(42-53)46-26-11-3-12-27-46)56(43-47)54-35-21-37-58-60(54)55-34-19-20-36-57(55)61(58,50-28-13-4-14-29-50)51-30-15-5-16-31-51/h1-43H. The molecule has 0 N–H and O–H groups in total. The molecule has 0 spiro atoms. The number of rotatable bonds is 9. The van der Waals surface area contributed by atoms with E-state index in [4.69, 9.17) is 0 Å². The molecule has 0 atom stereocenters. The van der Waals surface area contributed by atoms with Gasteiger partial charge in [-0.25, -0.2) is 0 Å². The summed E-state index contributed by atoms with van der Waals surface area (Å²) >= 11 is 0. The zero-order valence-electron chi connectivity index (χ0n) is 34.3. The molecule has 1 aliphatic rings. The van der Waals surface area contributed by atoms with Gasteiger partial charge in [-0.1, -0.05) is 218 Å². The van der Waals surface area contributed by atoms with Crippen molar-refractivity contribution in [2.45, 2.75) is 5.41 Å². The summed E-state index contributed by atoms with van der Waals surface area (Å²) in [5, 5.41) is 0. The van der Waals surface area contributed by atoms with Crippen molar-refractivity contribution in [3.05, 3.63) is 283 Å². The first-order chi connectivity index (χ1) is 30.8. The fourth-order valence-electron chi connectivity index (χ4n) is 9.81. The summed E-state index contributed by atoms with van der Waals surface area (Å²) in [7, 11) is 0. The highest BCUT2D eigenvalue weighted by Gasteiger charge is 2.47. The molecular formula is C61H43N. The second kappa shape index (κ2) is 15.9. The molecule has 292 valence electrons. The lowest BCUT2D eigenvalue weighted by molar-refractivity contribution is 0.768. The smallest absolute Gasteiger partial charge is 0.0713 e. The number of nitrogens with zero attached hydrogens (tertiary/aromatic N) is 1. The summed E-state index contributed by atoms with van der Waals surface area (Å²) in [5.74, 6) is 0. The maximum absolute atomic E-state index is 2.46. The number of anilines is 3. The fraction of sp³-hybridized carbons (Fsp3) is 0.0164. The number of fused-ring (bicyclic) bond motifs is 3. The van der Waals surface area contributed by atoms with Crippen LogP contribution in [0.1, 0.15) is 22.3 Å². The SMILES string of the molecule is c1ccc(-c2cc(-c3ccccc3)cc(N(c3ccccc3)c3ccc(-c4ccccc4)cc3-c3cccc4c3-c3ccccc3C4(c3ccccc3)c3ccccc3)c2)cc1. The van der Waals surface area contributed by atoms with Crippen LogP contribution in [0.2, 0.25) is 0 Å². The average Bonchev–Trinajstić information content (AvgIpc) is 3.67. The summed E-state index contributed by atoms with van der Waals surface area (Å²) in [6, 6.07) is 95.4. The van der Waals surface area contributed by atoms with Crippen molar-refractivity contribution in [3.63, 3.8) is 0 Å². The molecular weight excluding hydrogens is 747 g/mol. The van der Waals surface area contributed by atoms with E-state index in [2.05, 4.69) is 266 Å². The topological polar surface area (TPSA) is 3.24 Å². The van der Waals surface area contributed by atoms with Gasteiger partial charge in [0, 0.05) is 16.9 Å². The zero-order valence-corrected chi connectivity index (χ0v) is 34.3. The summed E-state index contributed by atoms with van der Waals surface area (Å²) in [4.78, 5) is 2.46. The van der Waals surface area contributed by atoms with Crippen LogP contribution in [0.25, 0.3) is 55.6 Å². The van der Waals surface area contributed by atoms with Gasteiger partial charge in [0.25, 0.3) is 0 Å². The third kappa shape index (κ3) is 6.35. The Morgan fingerprint density at radius 2 is 0.710 bits per heavy atom. The van der Waals surface area contributed by atoms with Gasteiger partial charge >= 0.3 is 0 Å². The minimum Gasteiger partial charge on any atom is -0.310 e. The molecule has 1 nitrogen and oxygen atoms in total. The van der Waals surface area contributed by atoms with Crippen LogP contribution in [-0.4, -0.2) is 0 Å². The lowest BCUT2D eigenvalue weighted by atomic mass is 9.67. The van der Waals surface area contributed by atoms with Gasteiger partial charge in [0.05, 0.1) is 11.1 Å². The molecule has 0 saturated heterocycles. The van der Waals surface area contributed by atoms with E-state index in [1.165, 1.54) is 61.2 Å². The van der Waals surface area contributed by atoms with Gasteiger partial charge in [0.2, 0.25) is 0 Å². The maximum Gasteiger partial charge on any atom is 0.0713 e. The van der Waals surface area contributed by atoms with E-state index in [1.54, 1.807) is 0 Å². The Balaban J connectivity index is 1.23. The van der Waals surface area contributed by atoms with Crippen LogP contribution in [-0.2, 0) is 5.41 Å². The number of benzene rings is 10. The largest absolute Gasteiger partial charge is 0.310 e. The molecule has 62 heavy (non-hydrogen) atoms. The van der Waals surface area contributed by atoms with Gasteiger partial charge in [-0.15, -0.1) is 0 Å². The van der Waals surface area contributed by atoms with Crippen LogP contribution >= 0.6 is 0 Å². The Morgan fingerprint density at radius 3 is 1.27 bits per heavy atom. The summed E-state index contributed by atoms with van der Waals surface area (Å²) in [6.07, 6.45) is 0. The second-order valence-electron chi connectivity index (χ2n) is 16.0. The van der Waals surface area contributed by atoms with Crippen molar-refractivity contribution in [1.29, 1.82) is 0 Å². The second-order valence-corrected chi connectivity index (χ2v) is 16.0. The van der Waals surface area contributed by atoms with E-state index >= 15 is 0 Å². The molecule has 10 aromatic carbocycles. The van der Waals surface area contributed by atoms with Crippen LogP contribution in [0.4, 0.5) is 17.1 Å². The molecule has 0 unspecified atom stereocenters. The Kier molecular flexibility index (Phi) is 9.48. The van der Waals surface area contributed by atoms with Crippen molar-refractivity contribution < 1.29 is 0 Å². The van der Waals surface area contributed by atoms with E-state index in [1.807, 2.05) is 0 Å². The van der Waals surface area contributed by atoms with Gasteiger partial charge in [0.15, 0.2) is 0 Å². The lowest BCUT2D eigenvalue weighted by Crippen LogP contribution is -2.28. The van der Waals surface area contributed by atoms with E-state index in [-0.39, 0.29) is 0 Å². The molecule has 0 amide bonds. The summed E-state index contributed by atoms with van der Waals surface area (Å²) in [6.45, 7) is 0. The third-order valence-corrected chi connectivity index (χ3v) is 12.5.